The second-order valence-electron chi connectivity index (χ2n) is 6.68. The van der Waals surface area contributed by atoms with Crippen molar-refractivity contribution in [2.45, 2.75) is 12.8 Å². The standard InChI is InChI=1S/C22H21NO4/c1-4-27-22(25)19-17(13-9-11-14(26-3)12-10-13)18-15-7-5-6-8-16(15)23(2)20(18)21(19)24/h5-12,17,19H,4H2,1-3H3/t17-,19+/m1/s1. The van der Waals surface area contributed by atoms with E-state index in [1.165, 1.54) is 0 Å². The third-order valence-electron chi connectivity index (χ3n) is 5.32. The molecule has 1 heterocycles. The summed E-state index contributed by atoms with van der Waals surface area (Å²) in [4.78, 5) is 26.0. The maximum absolute atomic E-state index is 13.3. The highest BCUT2D eigenvalue weighted by Crippen LogP contribution is 2.47. The Hall–Kier alpha value is -3.08. The second kappa shape index (κ2) is 6.58. The van der Waals surface area contributed by atoms with Crippen molar-refractivity contribution >= 4 is 22.7 Å². The van der Waals surface area contributed by atoms with Gasteiger partial charge >= 0.3 is 5.97 Å². The van der Waals surface area contributed by atoms with Gasteiger partial charge in [0.25, 0.3) is 0 Å². The fourth-order valence-electron chi connectivity index (χ4n) is 4.15. The van der Waals surface area contributed by atoms with E-state index in [0.29, 0.717) is 5.69 Å². The van der Waals surface area contributed by atoms with E-state index in [1.807, 2.05) is 60.1 Å². The SMILES string of the molecule is CCOC(=O)[C@@H]1C(=O)c2c(c3ccccc3n2C)[C@H]1c1ccc(OC)cc1. The normalized spacial score (nSPS) is 18.6. The highest BCUT2D eigenvalue weighted by atomic mass is 16.5. The van der Waals surface area contributed by atoms with Gasteiger partial charge in [-0.1, -0.05) is 30.3 Å². The van der Waals surface area contributed by atoms with Crippen LogP contribution in [0.2, 0.25) is 0 Å². The molecule has 0 spiro atoms. The smallest absolute Gasteiger partial charge is 0.317 e. The molecular formula is C22H21NO4. The van der Waals surface area contributed by atoms with Crippen molar-refractivity contribution in [3.8, 4) is 5.75 Å². The quantitative estimate of drug-likeness (QED) is 0.524. The zero-order valence-corrected chi connectivity index (χ0v) is 15.6. The van der Waals surface area contributed by atoms with Crippen LogP contribution in [0.5, 0.6) is 5.75 Å². The maximum Gasteiger partial charge on any atom is 0.317 e. The summed E-state index contributed by atoms with van der Waals surface area (Å²) in [5.74, 6) is -1.15. The minimum absolute atomic E-state index is 0.178. The Bertz CT molecular complexity index is 1030. The van der Waals surface area contributed by atoms with Crippen molar-refractivity contribution in [3.63, 3.8) is 0 Å². The summed E-state index contributed by atoms with van der Waals surface area (Å²) in [6.07, 6.45) is 0. The number of esters is 1. The summed E-state index contributed by atoms with van der Waals surface area (Å²) < 4.78 is 12.4. The molecule has 27 heavy (non-hydrogen) atoms. The molecule has 1 aliphatic rings. The van der Waals surface area contributed by atoms with Gasteiger partial charge in [-0.05, 0) is 36.2 Å². The van der Waals surface area contributed by atoms with Crippen LogP contribution in [-0.4, -0.2) is 30.0 Å². The molecule has 0 fully saturated rings. The van der Waals surface area contributed by atoms with Crippen molar-refractivity contribution < 1.29 is 19.1 Å². The van der Waals surface area contributed by atoms with Gasteiger partial charge in [-0.15, -0.1) is 0 Å². The van der Waals surface area contributed by atoms with Gasteiger partial charge in [-0.25, -0.2) is 0 Å². The topological polar surface area (TPSA) is 57.5 Å². The molecule has 5 nitrogen and oxygen atoms in total. The largest absolute Gasteiger partial charge is 0.497 e. The van der Waals surface area contributed by atoms with E-state index in [4.69, 9.17) is 9.47 Å². The third-order valence-corrected chi connectivity index (χ3v) is 5.32. The lowest BCUT2D eigenvalue weighted by Crippen LogP contribution is -2.28. The number of aromatic nitrogens is 1. The van der Waals surface area contributed by atoms with Crippen LogP contribution in [0, 0.1) is 5.92 Å². The van der Waals surface area contributed by atoms with E-state index in [0.717, 1.165) is 27.8 Å². The van der Waals surface area contributed by atoms with E-state index in [-0.39, 0.29) is 18.3 Å². The Kier molecular flexibility index (Phi) is 4.22. The molecule has 5 heteroatoms. The summed E-state index contributed by atoms with van der Waals surface area (Å²) in [5.41, 5.74) is 3.38. The molecule has 2 atom stereocenters. The van der Waals surface area contributed by atoms with Gasteiger partial charge in [0.05, 0.1) is 19.4 Å². The molecule has 0 aliphatic heterocycles. The Morgan fingerprint density at radius 3 is 2.48 bits per heavy atom. The van der Waals surface area contributed by atoms with Crippen molar-refractivity contribution in [2.24, 2.45) is 13.0 Å². The number of hydrogen-bond donors (Lipinski definition) is 0. The Labute approximate surface area is 157 Å². The number of nitrogens with zero attached hydrogens (tertiary/aromatic N) is 1. The monoisotopic (exact) mass is 363 g/mol. The lowest BCUT2D eigenvalue weighted by molar-refractivity contribution is -0.146. The average Bonchev–Trinajstić information content (AvgIpc) is 3.16. The van der Waals surface area contributed by atoms with Crippen molar-refractivity contribution in [2.75, 3.05) is 13.7 Å². The van der Waals surface area contributed by atoms with Gasteiger partial charge in [0.2, 0.25) is 0 Å². The van der Waals surface area contributed by atoms with Gasteiger partial charge < -0.3 is 14.0 Å². The highest BCUT2D eigenvalue weighted by Gasteiger charge is 2.49. The first kappa shape index (κ1) is 17.3. The number of carbonyl (C=O) groups is 2. The lowest BCUT2D eigenvalue weighted by Gasteiger charge is -2.19. The number of carbonyl (C=O) groups excluding carboxylic acids is 2. The van der Waals surface area contributed by atoms with Gasteiger partial charge in [-0.2, -0.15) is 0 Å². The van der Waals surface area contributed by atoms with Crippen LogP contribution in [0.3, 0.4) is 0 Å². The van der Waals surface area contributed by atoms with Crippen molar-refractivity contribution in [1.29, 1.82) is 0 Å². The number of rotatable bonds is 4. The van der Waals surface area contributed by atoms with E-state index >= 15 is 0 Å². The molecule has 0 N–H and O–H groups in total. The fraction of sp³-hybridized carbons (Fsp3) is 0.273. The van der Waals surface area contributed by atoms with Crippen LogP contribution in [0.4, 0.5) is 0 Å². The molecule has 0 saturated carbocycles. The van der Waals surface area contributed by atoms with Crippen molar-refractivity contribution in [3.05, 3.63) is 65.4 Å². The molecule has 3 aromatic rings. The molecule has 0 bridgehead atoms. The number of hydrogen-bond acceptors (Lipinski definition) is 4. The molecule has 4 rings (SSSR count). The van der Waals surface area contributed by atoms with Crippen LogP contribution in [0.15, 0.2) is 48.5 Å². The summed E-state index contributed by atoms with van der Waals surface area (Å²) >= 11 is 0. The minimum atomic E-state index is -0.862. The summed E-state index contributed by atoms with van der Waals surface area (Å²) in [7, 11) is 3.48. The molecule has 138 valence electrons. The highest BCUT2D eigenvalue weighted by molar-refractivity contribution is 6.16. The first-order valence-electron chi connectivity index (χ1n) is 9.00. The molecule has 0 saturated heterocycles. The fourth-order valence-corrected chi connectivity index (χ4v) is 4.15. The molecule has 0 unspecified atom stereocenters. The molecule has 1 aromatic heterocycles. The first-order valence-corrected chi connectivity index (χ1v) is 9.00. The number of benzene rings is 2. The van der Waals surface area contributed by atoms with Gasteiger partial charge in [-0.3, -0.25) is 9.59 Å². The van der Waals surface area contributed by atoms with E-state index in [9.17, 15) is 9.59 Å². The Morgan fingerprint density at radius 1 is 1.11 bits per heavy atom. The minimum Gasteiger partial charge on any atom is -0.497 e. The zero-order chi connectivity index (χ0) is 19.1. The predicted octanol–water partition coefficient (Wildman–Crippen LogP) is 3.69. The number of Topliss-reactive ketones (excluding diaryl/α,β-unsaturated/α-hetero) is 1. The van der Waals surface area contributed by atoms with Crippen molar-refractivity contribution in [1.82, 2.24) is 4.57 Å². The maximum atomic E-state index is 13.3. The van der Waals surface area contributed by atoms with Gasteiger partial charge in [0.15, 0.2) is 5.78 Å². The van der Waals surface area contributed by atoms with E-state index in [1.54, 1.807) is 14.0 Å². The van der Waals surface area contributed by atoms with Crippen LogP contribution in [-0.2, 0) is 16.6 Å². The second-order valence-corrected chi connectivity index (χ2v) is 6.68. The average molecular weight is 363 g/mol. The molecule has 0 amide bonds. The van der Waals surface area contributed by atoms with Gasteiger partial charge in [0, 0.05) is 23.9 Å². The van der Waals surface area contributed by atoms with Crippen LogP contribution in [0.25, 0.3) is 10.9 Å². The Morgan fingerprint density at radius 2 is 1.81 bits per heavy atom. The van der Waals surface area contributed by atoms with Crippen LogP contribution in [0.1, 0.15) is 34.5 Å². The molecule has 1 aliphatic carbocycles. The van der Waals surface area contributed by atoms with Crippen LogP contribution < -0.4 is 4.74 Å². The number of fused-ring (bicyclic) bond motifs is 3. The lowest BCUT2D eigenvalue weighted by atomic mass is 9.84. The number of ketones is 1. The number of aryl methyl sites for hydroxylation is 1. The predicted molar refractivity (Wildman–Crippen MR) is 102 cm³/mol. The van der Waals surface area contributed by atoms with E-state index < -0.39 is 11.9 Å². The summed E-state index contributed by atoms with van der Waals surface area (Å²) in [5, 5.41) is 0.996. The Balaban J connectivity index is 1.95. The number of para-hydroxylation sites is 1. The number of methoxy groups -OCH3 is 1. The molecular weight excluding hydrogens is 342 g/mol. The van der Waals surface area contributed by atoms with Crippen LogP contribution >= 0.6 is 0 Å². The summed E-state index contributed by atoms with van der Waals surface area (Å²) in [6.45, 7) is 2.00. The molecule has 0 radical (unpaired) electrons. The van der Waals surface area contributed by atoms with E-state index in [2.05, 4.69) is 0 Å². The van der Waals surface area contributed by atoms with Gasteiger partial charge in [0.1, 0.15) is 11.7 Å². The zero-order valence-electron chi connectivity index (χ0n) is 15.6. The third kappa shape index (κ3) is 2.53. The first-order chi connectivity index (χ1) is 13.1. The summed E-state index contributed by atoms with van der Waals surface area (Å²) in [6, 6.07) is 15.4. The number of ether oxygens (including phenoxy) is 2. The molecule has 2 aromatic carbocycles.